The molecule has 0 atom stereocenters. The van der Waals surface area contributed by atoms with Crippen molar-refractivity contribution in [3.05, 3.63) is 63.6 Å². The van der Waals surface area contributed by atoms with Gasteiger partial charge in [0.15, 0.2) is 0 Å². The van der Waals surface area contributed by atoms with E-state index in [1.54, 1.807) is 0 Å². The first-order valence-corrected chi connectivity index (χ1v) is 7.54. The third kappa shape index (κ3) is 3.38. The van der Waals surface area contributed by atoms with Crippen LogP contribution < -0.4 is 10.6 Å². The lowest BCUT2D eigenvalue weighted by Gasteiger charge is -2.21. The van der Waals surface area contributed by atoms with Gasteiger partial charge in [-0.15, -0.1) is 0 Å². The van der Waals surface area contributed by atoms with Gasteiger partial charge in [0.1, 0.15) is 4.99 Å². The maximum Gasteiger partial charge on any atom is 0.104 e. The lowest BCUT2D eigenvalue weighted by atomic mass is 10.1. The minimum Gasteiger partial charge on any atom is -0.389 e. The van der Waals surface area contributed by atoms with E-state index < -0.39 is 0 Å². The molecule has 2 aromatic carbocycles. The van der Waals surface area contributed by atoms with Gasteiger partial charge in [0, 0.05) is 29.3 Å². The van der Waals surface area contributed by atoms with Gasteiger partial charge >= 0.3 is 0 Å². The summed E-state index contributed by atoms with van der Waals surface area (Å²) < 4.78 is 1.13. The predicted molar refractivity (Wildman–Crippen MR) is 93.3 cm³/mol. The van der Waals surface area contributed by atoms with E-state index >= 15 is 0 Å². The summed E-state index contributed by atoms with van der Waals surface area (Å²) in [4.78, 5) is 2.65. The van der Waals surface area contributed by atoms with E-state index in [0.29, 0.717) is 4.99 Å². The Balaban J connectivity index is 2.22. The number of hydrogen-bond acceptors (Lipinski definition) is 2. The molecule has 0 saturated heterocycles. The summed E-state index contributed by atoms with van der Waals surface area (Å²) in [6.45, 7) is 2.87. The van der Waals surface area contributed by atoms with Crippen LogP contribution in [0.2, 0.25) is 0 Å². The normalized spacial score (nSPS) is 10.3. The minimum atomic E-state index is 0.447. The molecule has 2 nitrogen and oxygen atoms in total. The van der Waals surface area contributed by atoms with Gasteiger partial charge in [0.05, 0.1) is 0 Å². The van der Waals surface area contributed by atoms with E-state index in [1.165, 1.54) is 5.56 Å². The van der Waals surface area contributed by atoms with Crippen molar-refractivity contribution < 1.29 is 0 Å². The monoisotopic (exact) mass is 348 g/mol. The standard InChI is InChI=1S/C16H17BrN2S/c1-11-9-13(7-8-14(11)16(18)20)19(2)10-12-5-3-4-6-15(12)17/h3-9H,10H2,1-2H3,(H2,18,20). The molecule has 0 heterocycles. The summed E-state index contributed by atoms with van der Waals surface area (Å²) in [6, 6.07) is 14.4. The fourth-order valence-electron chi connectivity index (χ4n) is 2.14. The van der Waals surface area contributed by atoms with Gasteiger partial charge < -0.3 is 10.6 Å². The Bertz CT molecular complexity index is 640. The summed E-state index contributed by atoms with van der Waals surface area (Å²) in [5, 5.41) is 0. The van der Waals surface area contributed by atoms with Crippen LogP contribution >= 0.6 is 28.1 Å². The second kappa shape index (κ2) is 6.37. The smallest absolute Gasteiger partial charge is 0.104 e. The Morgan fingerprint density at radius 1 is 1.25 bits per heavy atom. The van der Waals surface area contributed by atoms with Gasteiger partial charge in [-0.25, -0.2) is 0 Å². The second-order valence-corrected chi connectivity index (χ2v) is 6.11. The van der Waals surface area contributed by atoms with Crippen LogP contribution in [-0.2, 0) is 6.54 Å². The highest BCUT2D eigenvalue weighted by Gasteiger charge is 2.08. The Kier molecular flexibility index (Phi) is 4.78. The molecule has 0 bridgehead atoms. The van der Waals surface area contributed by atoms with Crippen LogP contribution in [-0.4, -0.2) is 12.0 Å². The van der Waals surface area contributed by atoms with Crippen molar-refractivity contribution in [2.45, 2.75) is 13.5 Å². The highest BCUT2D eigenvalue weighted by Crippen LogP contribution is 2.23. The maximum absolute atomic E-state index is 5.70. The lowest BCUT2D eigenvalue weighted by molar-refractivity contribution is 0.917. The van der Waals surface area contributed by atoms with Crippen LogP contribution in [0.15, 0.2) is 46.9 Å². The number of halogens is 1. The van der Waals surface area contributed by atoms with Crippen molar-refractivity contribution in [2.75, 3.05) is 11.9 Å². The van der Waals surface area contributed by atoms with Crippen LogP contribution in [0.25, 0.3) is 0 Å². The molecule has 2 aromatic rings. The van der Waals surface area contributed by atoms with Crippen molar-refractivity contribution >= 4 is 38.8 Å². The van der Waals surface area contributed by atoms with Gasteiger partial charge in [-0.05, 0) is 42.3 Å². The first kappa shape index (κ1) is 15.0. The fraction of sp³-hybridized carbons (Fsp3) is 0.188. The molecule has 0 aliphatic carbocycles. The van der Waals surface area contributed by atoms with Crippen molar-refractivity contribution in [1.82, 2.24) is 0 Å². The molecule has 20 heavy (non-hydrogen) atoms. The van der Waals surface area contributed by atoms with Gasteiger partial charge in [0.25, 0.3) is 0 Å². The molecule has 0 unspecified atom stereocenters. The molecule has 2 rings (SSSR count). The number of thiocarbonyl (C=S) groups is 1. The third-order valence-electron chi connectivity index (χ3n) is 3.28. The number of nitrogens with two attached hydrogens (primary N) is 1. The quantitative estimate of drug-likeness (QED) is 0.845. The first-order valence-electron chi connectivity index (χ1n) is 6.34. The van der Waals surface area contributed by atoms with Crippen molar-refractivity contribution in [1.29, 1.82) is 0 Å². The van der Waals surface area contributed by atoms with Gasteiger partial charge in [-0.3, -0.25) is 0 Å². The van der Waals surface area contributed by atoms with Gasteiger partial charge in [-0.2, -0.15) is 0 Å². The zero-order chi connectivity index (χ0) is 14.7. The van der Waals surface area contributed by atoms with E-state index in [-0.39, 0.29) is 0 Å². The zero-order valence-corrected chi connectivity index (χ0v) is 14.0. The maximum atomic E-state index is 5.70. The predicted octanol–water partition coefficient (Wildman–Crippen LogP) is 4.03. The highest BCUT2D eigenvalue weighted by molar-refractivity contribution is 9.10. The lowest BCUT2D eigenvalue weighted by Crippen LogP contribution is -2.18. The van der Waals surface area contributed by atoms with E-state index in [4.69, 9.17) is 18.0 Å². The Morgan fingerprint density at radius 3 is 2.55 bits per heavy atom. The molecule has 0 amide bonds. The van der Waals surface area contributed by atoms with Crippen LogP contribution in [0, 0.1) is 6.92 Å². The highest BCUT2D eigenvalue weighted by atomic mass is 79.9. The molecule has 4 heteroatoms. The molecule has 104 valence electrons. The molecule has 0 aliphatic heterocycles. The van der Waals surface area contributed by atoms with Crippen LogP contribution in [0.3, 0.4) is 0 Å². The summed E-state index contributed by atoms with van der Waals surface area (Å²) in [5.41, 5.74) is 10.2. The molecular weight excluding hydrogens is 332 g/mol. The molecule has 0 saturated carbocycles. The molecule has 0 aliphatic rings. The van der Waals surface area contributed by atoms with E-state index in [0.717, 1.165) is 27.8 Å². The molecule has 0 aromatic heterocycles. The number of anilines is 1. The van der Waals surface area contributed by atoms with Crippen LogP contribution in [0.5, 0.6) is 0 Å². The SMILES string of the molecule is Cc1cc(N(C)Cc2ccccc2Br)ccc1C(N)=S. The average Bonchev–Trinajstić information content (AvgIpc) is 2.40. The number of rotatable bonds is 4. The van der Waals surface area contributed by atoms with Gasteiger partial charge in [0.2, 0.25) is 0 Å². The zero-order valence-electron chi connectivity index (χ0n) is 11.6. The van der Waals surface area contributed by atoms with E-state index in [1.807, 2.05) is 19.1 Å². The second-order valence-electron chi connectivity index (χ2n) is 4.81. The summed E-state index contributed by atoms with van der Waals surface area (Å²) >= 11 is 8.62. The topological polar surface area (TPSA) is 29.3 Å². The largest absolute Gasteiger partial charge is 0.389 e. The fourth-order valence-corrected chi connectivity index (χ4v) is 2.77. The Hall–Kier alpha value is -1.39. The minimum absolute atomic E-state index is 0.447. The number of nitrogens with zero attached hydrogens (tertiary/aromatic N) is 1. The summed E-state index contributed by atoms with van der Waals surface area (Å²) in [6.07, 6.45) is 0. The number of benzene rings is 2. The van der Waals surface area contributed by atoms with Crippen LogP contribution in [0.1, 0.15) is 16.7 Å². The van der Waals surface area contributed by atoms with Crippen molar-refractivity contribution in [3.8, 4) is 0 Å². The number of aryl methyl sites for hydroxylation is 1. The average molecular weight is 349 g/mol. The van der Waals surface area contributed by atoms with Crippen molar-refractivity contribution in [3.63, 3.8) is 0 Å². The molecular formula is C16H17BrN2S. The van der Waals surface area contributed by atoms with Gasteiger partial charge in [-0.1, -0.05) is 46.3 Å². The Morgan fingerprint density at radius 2 is 1.95 bits per heavy atom. The molecule has 0 radical (unpaired) electrons. The third-order valence-corrected chi connectivity index (χ3v) is 4.28. The molecule has 0 fully saturated rings. The van der Waals surface area contributed by atoms with E-state index in [2.05, 4.69) is 58.2 Å². The van der Waals surface area contributed by atoms with Crippen LogP contribution in [0.4, 0.5) is 5.69 Å². The first-order chi connectivity index (χ1) is 9.49. The molecule has 0 spiro atoms. The Labute approximate surface area is 133 Å². The van der Waals surface area contributed by atoms with E-state index in [9.17, 15) is 0 Å². The van der Waals surface area contributed by atoms with Crippen molar-refractivity contribution in [2.24, 2.45) is 5.73 Å². The molecule has 2 N–H and O–H groups in total. The number of hydrogen-bond donors (Lipinski definition) is 1. The summed E-state index contributed by atoms with van der Waals surface area (Å²) in [5.74, 6) is 0. The summed E-state index contributed by atoms with van der Waals surface area (Å²) in [7, 11) is 2.08.